The van der Waals surface area contributed by atoms with Crippen LogP contribution in [0.3, 0.4) is 0 Å². The third-order valence-corrected chi connectivity index (χ3v) is 9.22. The second-order valence-electron chi connectivity index (χ2n) is 7.59. The Balaban J connectivity index is 2.59. The average molecular weight is 302 g/mol. The van der Waals surface area contributed by atoms with Crippen molar-refractivity contribution in [2.24, 2.45) is 17.0 Å². The molecule has 0 aromatic carbocycles. The van der Waals surface area contributed by atoms with Crippen LogP contribution < -0.4 is 0 Å². The molecule has 0 radical (unpaired) electrons. The van der Waals surface area contributed by atoms with Crippen molar-refractivity contribution in [3.05, 3.63) is 0 Å². The lowest BCUT2D eigenvalue weighted by Crippen LogP contribution is -2.43. The summed E-state index contributed by atoms with van der Waals surface area (Å²) in [6, 6.07) is 0. The van der Waals surface area contributed by atoms with E-state index in [-0.39, 0.29) is 23.0 Å². The third kappa shape index (κ3) is 3.83. The molecule has 118 valence electrons. The number of aliphatic hydroxyl groups excluding tert-OH is 1. The molecule has 0 aromatic rings. The van der Waals surface area contributed by atoms with Gasteiger partial charge in [0.2, 0.25) is 0 Å². The van der Waals surface area contributed by atoms with E-state index >= 15 is 0 Å². The molecule has 1 heterocycles. The van der Waals surface area contributed by atoms with Crippen LogP contribution in [0.15, 0.2) is 5.16 Å². The second-order valence-corrected chi connectivity index (χ2v) is 12.4. The van der Waals surface area contributed by atoms with E-state index in [1.54, 1.807) is 6.92 Å². The molecular weight excluding hydrogens is 270 g/mol. The Hall–Kier alpha value is -0.393. The zero-order valence-corrected chi connectivity index (χ0v) is 15.2. The lowest BCUT2D eigenvalue weighted by atomic mass is 9.89. The van der Waals surface area contributed by atoms with Crippen LogP contribution in [0, 0.1) is 11.8 Å². The Morgan fingerprint density at radius 2 is 1.90 bits per heavy atom. The molecule has 1 aliphatic heterocycles. The van der Waals surface area contributed by atoms with Crippen LogP contribution in [0.2, 0.25) is 18.1 Å². The van der Waals surface area contributed by atoms with E-state index < -0.39 is 14.4 Å². The highest BCUT2D eigenvalue weighted by Gasteiger charge is 2.40. The monoisotopic (exact) mass is 301 g/mol. The summed E-state index contributed by atoms with van der Waals surface area (Å²) in [4.78, 5) is 5.35. The first kappa shape index (κ1) is 17.7. The van der Waals surface area contributed by atoms with Gasteiger partial charge in [-0.05, 0) is 25.1 Å². The predicted octanol–water partition coefficient (Wildman–Crippen LogP) is 3.42. The Labute approximate surface area is 124 Å². The molecule has 5 heteroatoms. The molecule has 1 aliphatic rings. The topological polar surface area (TPSA) is 51.0 Å². The first-order valence-corrected chi connectivity index (χ1v) is 10.4. The number of aliphatic hydroxyl groups is 1. The van der Waals surface area contributed by atoms with E-state index in [0.717, 1.165) is 5.71 Å². The molecule has 0 fully saturated rings. The molecule has 0 aliphatic carbocycles. The maximum atomic E-state index is 9.67. The number of nitrogens with zero attached hydrogens (tertiary/aromatic N) is 1. The predicted molar refractivity (Wildman–Crippen MR) is 85.5 cm³/mol. The largest absolute Gasteiger partial charge is 0.416 e. The Morgan fingerprint density at radius 1 is 1.35 bits per heavy atom. The van der Waals surface area contributed by atoms with E-state index in [1.807, 2.05) is 0 Å². The molecule has 0 amide bonds. The number of hydrogen-bond acceptors (Lipinski definition) is 4. The van der Waals surface area contributed by atoms with Gasteiger partial charge in [0.05, 0.1) is 11.8 Å². The molecular formula is C15H31NO3Si. The molecule has 0 saturated carbocycles. The summed E-state index contributed by atoms with van der Waals surface area (Å²) in [5.41, 5.74) is 1.01. The van der Waals surface area contributed by atoms with Crippen LogP contribution in [0.25, 0.3) is 0 Å². The number of hydrogen-bond donors (Lipinski definition) is 1. The van der Waals surface area contributed by atoms with Crippen molar-refractivity contribution in [1.29, 1.82) is 0 Å². The molecule has 20 heavy (non-hydrogen) atoms. The van der Waals surface area contributed by atoms with Crippen LogP contribution in [0.5, 0.6) is 0 Å². The van der Waals surface area contributed by atoms with E-state index in [2.05, 4.69) is 52.9 Å². The van der Waals surface area contributed by atoms with Crippen LogP contribution >= 0.6 is 0 Å². The Kier molecular flexibility index (Phi) is 5.44. The van der Waals surface area contributed by atoms with E-state index in [1.165, 1.54) is 0 Å². The SMILES string of the molecule is C[C@H](CO[Si](C)(C)C(C)(C)C)C1=NO[C@H]([C@H](C)O)[C@@H]1C. The fourth-order valence-corrected chi connectivity index (χ4v) is 3.24. The van der Waals surface area contributed by atoms with Gasteiger partial charge in [-0.25, -0.2) is 0 Å². The third-order valence-electron chi connectivity index (χ3n) is 4.72. The molecule has 0 bridgehead atoms. The maximum Gasteiger partial charge on any atom is 0.192 e. The maximum absolute atomic E-state index is 9.67. The van der Waals surface area contributed by atoms with Crippen molar-refractivity contribution in [3.8, 4) is 0 Å². The fraction of sp³-hybridized carbons (Fsp3) is 0.933. The van der Waals surface area contributed by atoms with Crippen molar-refractivity contribution in [2.75, 3.05) is 6.61 Å². The minimum Gasteiger partial charge on any atom is -0.416 e. The highest BCUT2D eigenvalue weighted by Crippen LogP contribution is 2.37. The highest BCUT2D eigenvalue weighted by atomic mass is 28.4. The molecule has 0 aromatic heterocycles. The fourth-order valence-electron chi connectivity index (χ4n) is 2.14. The molecule has 1 N–H and O–H groups in total. The normalized spacial score (nSPS) is 26.9. The summed E-state index contributed by atoms with van der Waals surface area (Å²) < 4.78 is 6.25. The zero-order chi connectivity index (χ0) is 15.7. The van der Waals surface area contributed by atoms with Crippen LogP contribution in [0.4, 0.5) is 0 Å². The van der Waals surface area contributed by atoms with Crippen LogP contribution in [0.1, 0.15) is 41.5 Å². The molecule has 4 atom stereocenters. The standard InChI is InChI=1S/C15H31NO3Si/c1-10(9-18-20(7,8)15(4,5)6)13-11(2)14(12(3)17)19-16-13/h10-12,14,17H,9H2,1-8H3/t10-,11-,12+,14+/m1/s1. The number of oxime groups is 1. The summed E-state index contributed by atoms with van der Waals surface area (Å²) in [6.07, 6.45) is -0.722. The van der Waals surface area contributed by atoms with Crippen LogP contribution in [-0.2, 0) is 9.26 Å². The van der Waals surface area contributed by atoms with E-state index in [9.17, 15) is 5.11 Å². The average Bonchev–Trinajstić information content (AvgIpc) is 2.66. The zero-order valence-electron chi connectivity index (χ0n) is 14.2. The minimum absolute atomic E-state index is 0.146. The molecule has 4 nitrogen and oxygen atoms in total. The van der Waals surface area contributed by atoms with Gasteiger partial charge in [-0.15, -0.1) is 0 Å². The van der Waals surface area contributed by atoms with Gasteiger partial charge in [0.15, 0.2) is 14.4 Å². The lowest BCUT2D eigenvalue weighted by molar-refractivity contribution is -0.0242. The van der Waals surface area contributed by atoms with Gasteiger partial charge >= 0.3 is 0 Å². The number of rotatable bonds is 5. The first-order chi connectivity index (χ1) is 8.97. The van der Waals surface area contributed by atoms with E-state index in [0.29, 0.717) is 6.61 Å². The van der Waals surface area contributed by atoms with Gasteiger partial charge in [0.25, 0.3) is 0 Å². The van der Waals surface area contributed by atoms with Crippen molar-refractivity contribution in [3.63, 3.8) is 0 Å². The Morgan fingerprint density at radius 3 is 2.30 bits per heavy atom. The summed E-state index contributed by atoms with van der Waals surface area (Å²) in [6.45, 7) is 17.8. The lowest BCUT2D eigenvalue weighted by Gasteiger charge is -2.37. The smallest absolute Gasteiger partial charge is 0.192 e. The van der Waals surface area contributed by atoms with E-state index in [4.69, 9.17) is 9.26 Å². The van der Waals surface area contributed by atoms with Gasteiger partial charge in [0, 0.05) is 18.4 Å². The highest BCUT2D eigenvalue weighted by molar-refractivity contribution is 6.74. The van der Waals surface area contributed by atoms with Gasteiger partial charge in [-0.3, -0.25) is 0 Å². The van der Waals surface area contributed by atoms with Crippen molar-refractivity contribution < 1.29 is 14.4 Å². The van der Waals surface area contributed by atoms with Gasteiger partial charge in [-0.2, -0.15) is 0 Å². The summed E-state index contributed by atoms with van der Waals surface area (Å²) in [7, 11) is -1.72. The summed E-state index contributed by atoms with van der Waals surface area (Å²) in [5, 5.41) is 14.1. The quantitative estimate of drug-likeness (QED) is 0.792. The van der Waals surface area contributed by atoms with Crippen molar-refractivity contribution in [1.82, 2.24) is 0 Å². The molecule has 1 rings (SSSR count). The van der Waals surface area contributed by atoms with Crippen molar-refractivity contribution in [2.45, 2.75) is 71.9 Å². The Bertz CT molecular complexity index is 361. The minimum atomic E-state index is -1.72. The molecule has 0 spiro atoms. The van der Waals surface area contributed by atoms with Crippen LogP contribution in [-0.4, -0.2) is 38.0 Å². The second kappa shape index (κ2) is 6.16. The first-order valence-electron chi connectivity index (χ1n) is 7.53. The summed E-state index contributed by atoms with van der Waals surface area (Å²) in [5.74, 6) is 0.371. The summed E-state index contributed by atoms with van der Waals surface area (Å²) >= 11 is 0. The van der Waals surface area contributed by atoms with Crippen molar-refractivity contribution >= 4 is 14.0 Å². The van der Waals surface area contributed by atoms with Gasteiger partial charge < -0.3 is 14.4 Å². The van der Waals surface area contributed by atoms with Gasteiger partial charge in [0.1, 0.15) is 0 Å². The molecule has 0 unspecified atom stereocenters. The molecule has 0 saturated heterocycles. The van der Waals surface area contributed by atoms with Gasteiger partial charge in [-0.1, -0.05) is 39.8 Å².